The number of nitrogens with two attached hydrogens (primary N) is 1. The fourth-order valence-electron chi connectivity index (χ4n) is 3.64. The van der Waals surface area contributed by atoms with Crippen LogP contribution in [0.25, 0.3) is 0 Å². The van der Waals surface area contributed by atoms with E-state index in [1.807, 2.05) is 11.9 Å². The minimum atomic E-state index is -0.342. The van der Waals surface area contributed by atoms with E-state index in [1.54, 1.807) is 0 Å². The first-order valence-electron chi connectivity index (χ1n) is 7.71. The van der Waals surface area contributed by atoms with Crippen LogP contribution in [0, 0.1) is 11.8 Å². The second-order valence-corrected chi connectivity index (χ2v) is 6.52. The number of carbonyl (C=O) groups excluding carboxylic acids is 1. The summed E-state index contributed by atoms with van der Waals surface area (Å²) in [5.41, 5.74) is 6.02. The molecule has 0 aromatic rings. The van der Waals surface area contributed by atoms with Gasteiger partial charge in [-0.25, -0.2) is 0 Å². The molecule has 2 aliphatic carbocycles. The van der Waals surface area contributed by atoms with E-state index in [-0.39, 0.29) is 30.0 Å². The van der Waals surface area contributed by atoms with Crippen molar-refractivity contribution in [2.45, 2.75) is 70.1 Å². The molecule has 110 valence electrons. The smallest absolute Gasteiger partial charge is 0.225 e. The van der Waals surface area contributed by atoms with Gasteiger partial charge in [0, 0.05) is 19.0 Å². The lowest BCUT2D eigenvalue weighted by Gasteiger charge is -2.39. The summed E-state index contributed by atoms with van der Waals surface area (Å²) in [4.78, 5) is 14.4. The minimum Gasteiger partial charge on any atom is -0.391 e. The second-order valence-electron chi connectivity index (χ2n) is 6.52. The summed E-state index contributed by atoms with van der Waals surface area (Å²) < 4.78 is 0. The van der Waals surface area contributed by atoms with E-state index in [4.69, 9.17) is 5.73 Å². The predicted molar refractivity (Wildman–Crippen MR) is 75.5 cm³/mol. The number of nitrogens with zero attached hydrogens (tertiary/aromatic N) is 1. The third-order valence-corrected chi connectivity index (χ3v) is 5.12. The van der Waals surface area contributed by atoms with Gasteiger partial charge >= 0.3 is 0 Å². The Bertz CT molecular complexity index is 321. The molecule has 4 nitrogen and oxygen atoms in total. The molecule has 0 heterocycles. The van der Waals surface area contributed by atoms with Crippen LogP contribution in [0.4, 0.5) is 0 Å². The first-order chi connectivity index (χ1) is 9.00. The van der Waals surface area contributed by atoms with Crippen LogP contribution >= 0.6 is 0 Å². The van der Waals surface area contributed by atoms with Crippen molar-refractivity contribution in [1.82, 2.24) is 4.90 Å². The van der Waals surface area contributed by atoms with Gasteiger partial charge in [0.25, 0.3) is 0 Å². The van der Waals surface area contributed by atoms with E-state index in [0.29, 0.717) is 5.92 Å². The van der Waals surface area contributed by atoms with E-state index >= 15 is 0 Å². The predicted octanol–water partition coefficient (Wildman–Crippen LogP) is 1.51. The molecule has 0 saturated heterocycles. The van der Waals surface area contributed by atoms with Crippen LogP contribution in [-0.4, -0.2) is 41.1 Å². The zero-order valence-electron chi connectivity index (χ0n) is 12.2. The number of carbonyl (C=O) groups is 1. The number of hydrogen-bond donors (Lipinski definition) is 2. The standard InChI is InChI=1S/C15H28N2O2/c1-10-9-11(7-8-12(10)16)15(19)17(2)13-5-3-4-6-14(13)18/h10-14,18H,3-9,16H2,1-2H3. The van der Waals surface area contributed by atoms with E-state index in [2.05, 4.69) is 6.92 Å². The van der Waals surface area contributed by atoms with Crippen molar-refractivity contribution in [1.29, 1.82) is 0 Å². The van der Waals surface area contributed by atoms with Gasteiger partial charge in [-0.3, -0.25) is 4.79 Å². The summed E-state index contributed by atoms with van der Waals surface area (Å²) in [5.74, 6) is 0.742. The summed E-state index contributed by atoms with van der Waals surface area (Å²) in [6.45, 7) is 2.14. The van der Waals surface area contributed by atoms with Crippen molar-refractivity contribution in [2.24, 2.45) is 17.6 Å². The van der Waals surface area contributed by atoms with Crippen molar-refractivity contribution in [3.05, 3.63) is 0 Å². The van der Waals surface area contributed by atoms with Crippen LogP contribution in [0.15, 0.2) is 0 Å². The Kier molecular flexibility index (Phi) is 4.85. The number of likely N-dealkylation sites (N-methyl/N-ethyl adjacent to an activating group) is 1. The average molecular weight is 268 g/mol. The molecule has 2 rings (SSSR count). The van der Waals surface area contributed by atoms with E-state index in [1.165, 1.54) is 0 Å². The highest BCUT2D eigenvalue weighted by Gasteiger charge is 2.35. The Morgan fingerprint density at radius 2 is 1.89 bits per heavy atom. The highest BCUT2D eigenvalue weighted by atomic mass is 16.3. The van der Waals surface area contributed by atoms with Crippen molar-refractivity contribution >= 4 is 5.91 Å². The molecule has 4 heteroatoms. The Morgan fingerprint density at radius 3 is 2.53 bits per heavy atom. The van der Waals surface area contributed by atoms with Gasteiger partial charge in [0.05, 0.1) is 12.1 Å². The fraction of sp³-hybridized carbons (Fsp3) is 0.933. The lowest BCUT2D eigenvalue weighted by molar-refractivity contribution is -0.141. The lowest BCUT2D eigenvalue weighted by Crippen LogP contribution is -2.49. The molecule has 0 aromatic carbocycles. The minimum absolute atomic E-state index is 0.0205. The monoisotopic (exact) mass is 268 g/mol. The molecule has 0 radical (unpaired) electrons. The maximum Gasteiger partial charge on any atom is 0.225 e. The van der Waals surface area contributed by atoms with Crippen LogP contribution in [0.3, 0.4) is 0 Å². The topological polar surface area (TPSA) is 66.6 Å². The second kappa shape index (κ2) is 6.23. The Hall–Kier alpha value is -0.610. The Labute approximate surface area is 116 Å². The number of aliphatic hydroxyl groups is 1. The van der Waals surface area contributed by atoms with Crippen LogP contribution < -0.4 is 5.73 Å². The molecule has 19 heavy (non-hydrogen) atoms. The van der Waals surface area contributed by atoms with E-state index in [0.717, 1.165) is 44.9 Å². The largest absolute Gasteiger partial charge is 0.391 e. The molecule has 0 aromatic heterocycles. The molecule has 3 N–H and O–H groups in total. The first-order valence-corrected chi connectivity index (χ1v) is 7.71. The molecule has 5 atom stereocenters. The number of hydrogen-bond acceptors (Lipinski definition) is 3. The van der Waals surface area contributed by atoms with Crippen molar-refractivity contribution in [3.8, 4) is 0 Å². The number of rotatable bonds is 2. The molecule has 2 saturated carbocycles. The van der Waals surface area contributed by atoms with Crippen LogP contribution in [0.2, 0.25) is 0 Å². The van der Waals surface area contributed by atoms with Crippen molar-refractivity contribution in [3.63, 3.8) is 0 Å². The molecule has 5 unspecified atom stereocenters. The molecule has 1 amide bonds. The Balaban J connectivity index is 1.95. The van der Waals surface area contributed by atoms with Crippen molar-refractivity contribution < 1.29 is 9.90 Å². The van der Waals surface area contributed by atoms with Gasteiger partial charge in [-0.1, -0.05) is 19.8 Å². The molecule has 0 aliphatic heterocycles. The quantitative estimate of drug-likeness (QED) is 0.798. The molecule has 0 bridgehead atoms. The van der Waals surface area contributed by atoms with Gasteiger partial charge in [0.1, 0.15) is 0 Å². The normalized spacial score (nSPS) is 39.9. The van der Waals surface area contributed by atoms with Gasteiger partial charge in [0.15, 0.2) is 0 Å². The van der Waals surface area contributed by atoms with E-state index in [9.17, 15) is 9.90 Å². The van der Waals surface area contributed by atoms with Crippen LogP contribution in [0.1, 0.15) is 51.9 Å². The summed E-state index contributed by atoms with van der Waals surface area (Å²) in [7, 11) is 1.86. The van der Waals surface area contributed by atoms with Gasteiger partial charge in [-0.05, 0) is 38.0 Å². The Morgan fingerprint density at radius 1 is 1.21 bits per heavy atom. The zero-order chi connectivity index (χ0) is 14.0. The highest BCUT2D eigenvalue weighted by molar-refractivity contribution is 5.79. The SMILES string of the molecule is CC1CC(C(=O)N(C)C2CCCCC2O)CCC1N. The number of amides is 1. The third-order valence-electron chi connectivity index (χ3n) is 5.12. The van der Waals surface area contributed by atoms with Gasteiger partial charge in [-0.2, -0.15) is 0 Å². The maximum absolute atomic E-state index is 12.6. The maximum atomic E-state index is 12.6. The summed E-state index contributed by atoms with van der Waals surface area (Å²) >= 11 is 0. The van der Waals surface area contributed by atoms with Gasteiger partial charge in [-0.15, -0.1) is 0 Å². The van der Waals surface area contributed by atoms with E-state index < -0.39 is 0 Å². The van der Waals surface area contributed by atoms with Crippen molar-refractivity contribution in [2.75, 3.05) is 7.05 Å². The van der Waals surface area contributed by atoms with Gasteiger partial charge in [0.2, 0.25) is 5.91 Å². The summed E-state index contributed by atoms with van der Waals surface area (Å²) in [5, 5.41) is 10.1. The molecular formula is C15H28N2O2. The van der Waals surface area contributed by atoms with Crippen LogP contribution in [-0.2, 0) is 4.79 Å². The van der Waals surface area contributed by atoms with Gasteiger partial charge < -0.3 is 15.7 Å². The summed E-state index contributed by atoms with van der Waals surface area (Å²) in [6.07, 6.45) is 6.36. The molecular weight excluding hydrogens is 240 g/mol. The first kappa shape index (κ1) is 14.8. The third kappa shape index (κ3) is 3.29. The lowest BCUT2D eigenvalue weighted by atomic mass is 9.78. The zero-order valence-corrected chi connectivity index (χ0v) is 12.2. The molecule has 0 spiro atoms. The fourth-order valence-corrected chi connectivity index (χ4v) is 3.64. The molecule has 2 aliphatic rings. The average Bonchev–Trinajstić information content (AvgIpc) is 2.41. The summed E-state index contributed by atoms with van der Waals surface area (Å²) in [6, 6.07) is 0.266. The molecule has 2 fully saturated rings. The highest BCUT2D eigenvalue weighted by Crippen LogP contribution is 2.31. The van der Waals surface area contributed by atoms with Crippen LogP contribution in [0.5, 0.6) is 0 Å². The number of aliphatic hydroxyl groups excluding tert-OH is 1.